The van der Waals surface area contributed by atoms with Crippen LogP contribution in [0.3, 0.4) is 0 Å². The number of hydrogen-bond acceptors (Lipinski definition) is 6. The minimum atomic E-state index is -0.372. The second kappa shape index (κ2) is 7.63. The number of aromatic nitrogens is 4. The van der Waals surface area contributed by atoms with Crippen molar-refractivity contribution in [1.82, 2.24) is 24.6 Å². The molecule has 3 heterocycles. The molecule has 0 radical (unpaired) electrons. The summed E-state index contributed by atoms with van der Waals surface area (Å²) in [5.74, 6) is -0.477. The number of likely N-dealkylation sites (tertiary alicyclic amines) is 1. The van der Waals surface area contributed by atoms with Gasteiger partial charge in [-0.25, -0.2) is 14.1 Å². The molecule has 1 aliphatic rings. The maximum absolute atomic E-state index is 13.1. The van der Waals surface area contributed by atoms with Gasteiger partial charge in [0, 0.05) is 38.3 Å². The van der Waals surface area contributed by atoms with Crippen LogP contribution in [0.2, 0.25) is 0 Å². The zero-order valence-electron chi connectivity index (χ0n) is 14.9. The van der Waals surface area contributed by atoms with E-state index in [1.165, 1.54) is 35.1 Å². The van der Waals surface area contributed by atoms with Crippen LogP contribution < -0.4 is 4.74 Å². The average molecular weight is 383 g/mol. The minimum absolute atomic E-state index is 0.0300. The quantitative estimate of drug-likeness (QED) is 0.742. The Morgan fingerprint density at radius 1 is 1.18 bits per heavy atom. The van der Waals surface area contributed by atoms with E-state index in [1.54, 1.807) is 23.5 Å². The Bertz CT molecular complexity index is 953. The average Bonchev–Trinajstić information content (AvgIpc) is 3.11. The molecular formula is C19H18FN5O3. The van der Waals surface area contributed by atoms with Gasteiger partial charge < -0.3 is 14.7 Å². The van der Waals surface area contributed by atoms with Gasteiger partial charge in [-0.1, -0.05) is 0 Å². The summed E-state index contributed by atoms with van der Waals surface area (Å²) in [6, 6.07) is 5.62. The molecule has 1 amide bonds. The van der Waals surface area contributed by atoms with Crippen LogP contribution in [0.1, 0.15) is 23.3 Å². The van der Waals surface area contributed by atoms with Crippen molar-refractivity contribution in [3.05, 3.63) is 60.6 Å². The number of rotatable bonds is 4. The monoisotopic (exact) mass is 383 g/mol. The molecule has 0 unspecified atom stereocenters. The molecule has 2 aromatic heterocycles. The van der Waals surface area contributed by atoms with Crippen LogP contribution in [0.25, 0.3) is 5.69 Å². The van der Waals surface area contributed by atoms with E-state index in [0.29, 0.717) is 37.5 Å². The highest BCUT2D eigenvalue weighted by atomic mass is 19.1. The lowest BCUT2D eigenvalue weighted by Crippen LogP contribution is -2.42. The molecule has 1 aromatic carbocycles. The molecule has 0 saturated carbocycles. The van der Waals surface area contributed by atoms with Crippen molar-refractivity contribution in [3.63, 3.8) is 0 Å². The Kier molecular flexibility index (Phi) is 4.88. The van der Waals surface area contributed by atoms with Gasteiger partial charge in [0.2, 0.25) is 5.88 Å². The number of hydrogen-bond donors (Lipinski definition) is 1. The Balaban J connectivity index is 1.41. The molecule has 28 heavy (non-hydrogen) atoms. The number of piperidine rings is 1. The molecule has 8 nitrogen and oxygen atoms in total. The van der Waals surface area contributed by atoms with E-state index < -0.39 is 0 Å². The number of nitrogens with zero attached hydrogens (tertiary/aromatic N) is 5. The second-order valence-electron chi connectivity index (χ2n) is 6.44. The van der Waals surface area contributed by atoms with E-state index in [9.17, 15) is 14.3 Å². The fraction of sp³-hybridized carbons (Fsp3) is 0.263. The van der Waals surface area contributed by atoms with Crippen LogP contribution in [0.5, 0.6) is 11.6 Å². The molecule has 1 N–H and O–H groups in total. The van der Waals surface area contributed by atoms with Gasteiger partial charge >= 0.3 is 0 Å². The first-order valence-corrected chi connectivity index (χ1v) is 8.86. The lowest BCUT2D eigenvalue weighted by molar-refractivity contribution is 0.0579. The number of benzene rings is 1. The molecule has 0 spiro atoms. The van der Waals surface area contributed by atoms with Gasteiger partial charge in [0.25, 0.3) is 5.91 Å². The lowest BCUT2D eigenvalue weighted by Gasteiger charge is -2.31. The van der Waals surface area contributed by atoms with Crippen LogP contribution in [0.4, 0.5) is 4.39 Å². The summed E-state index contributed by atoms with van der Waals surface area (Å²) < 4.78 is 20.2. The maximum Gasteiger partial charge on any atom is 0.278 e. The Morgan fingerprint density at radius 3 is 2.61 bits per heavy atom. The highest BCUT2D eigenvalue weighted by Gasteiger charge is 2.28. The Labute approximate surface area is 160 Å². The second-order valence-corrected chi connectivity index (χ2v) is 6.44. The third-order valence-electron chi connectivity index (χ3n) is 4.54. The fourth-order valence-electron chi connectivity index (χ4n) is 3.09. The fourth-order valence-corrected chi connectivity index (χ4v) is 3.09. The Morgan fingerprint density at radius 2 is 1.93 bits per heavy atom. The predicted octanol–water partition coefficient (Wildman–Crippen LogP) is 2.19. The van der Waals surface area contributed by atoms with Crippen molar-refractivity contribution < 1.29 is 19.0 Å². The molecule has 4 rings (SSSR count). The summed E-state index contributed by atoms with van der Waals surface area (Å²) in [5, 5.41) is 14.3. The lowest BCUT2D eigenvalue weighted by atomic mass is 10.1. The largest absolute Gasteiger partial charge is 0.504 e. The summed E-state index contributed by atoms with van der Waals surface area (Å²) in [4.78, 5) is 22.4. The molecule has 1 aliphatic heterocycles. The van der Waals surface area contributed by atoms with Crippen molar-refractivity contribution >= 4 is 5.91 Å². The molecule has 0 atom stereocenters. The van der Waals surface area contributed by atoms with Crippen molar-refractivity contribution in [2.24, 2.45) is 0 Å². The number of carbonyl (C=O) groups is 1. The summed E-state index contributed by atoms with van der Waals surface area (Å²) in [6.45, 7) is 0.958. The first kappa shape index (κ1) is 17.9. The molecule has 0 aliphatic carbocycles. The summed E-state index contributed by atoms with van der Waals surface area (Å²) in [5.41, 5.74) is 0.518. The van der Waals surface area contributed by atoms with Crippen molar-refractivity contribution in [3.8, 4) is 17.3 Å². The number of carbonyl (C=O) groups excluding carboxylic acids is 1. The van der Waals surface area contributed by atoms with Gasteiger partial charge in [-0.3, -0.25) is 9.78 Å². The molecule has 1 fully saturated rings. The molecule has 144 valence electrons. The van der Waals surface area contributed by atoms with Gasteiger partial charge in [-0.15, -0.1) is 0 Å². The van der Waals surface area contributed by atoms with Crippen molar-refractivity contribution in [2.75, 3.05) is 13.1 Å². The highest BCUT2D eigenvalue weighted by Crippen LogP contribution is 2.23. The Hall–Kier alpha value is -3.49. The van der Waals surface area contributed by atoms with Crippen molar-refractivity contribution in [1.29, 1.82) is 0 Å². The molecular weight excluding hydrogens is 365 g/mol. The van der Waals surface area contributed by atoms with Crippen LogP contribution in [-0.2, 0) is 0 Å². The number of ether oxygens (including phenoxy) is 1. The minimum Gasteiger partial charge on any atom is -0.504 e. The zero-order chi connectivity index (χ0) is 19.5. The number of aromatic hydroxyl groups is 1. The van der Waals surface area contributed by atoms with Crippen LogP contribution in [0, 0.1) is 5.82 Å². The highest BCUT2D eigenvalue weighted by molar-refractivity contribution is 5.94. The molecule has 9 heteroatoms. The molecule has 0 bridgehead atoms. The number of amides is 1. The third kappa shape index (κ3) is 3.78. The van der Waals surface area contributed by atoms with Gasteiger partial charge in [0.1, 0.15) is 11.9 Å². The van der Waals surface area contributed by atoms with Crippen LogP contribution >= 0.6 is 0 Å². The number of halogens is 1. The first-order valence-electron chi connectivity index (χ1n) is 8.86. The van der Waals surface area contributed by atoms with Crippen LogP contribution in [-0.4, -0.2) is 54.9 Å². The normalized spacial score (nSPS) is 14.8. The standard InChI is InChI=1S/C19H18FN5O3/c20-13-1-3-14(4-2-13)25-12-16(26)18(23-25)19(27)24-9-5-15(6-10-24)28-17-11-21-7-8-22-17/h1-4,7-8,11-12,15,26H,5-6,9-10H2. The predicted molar refractivity (Wildman–Crippen MR) is 96.8 cm³/mol. The van der Waals surface area contributed by atoms with E-state index in [-0.39, 0.29) is 29.3 Å². The summed E-state index contributed by atoms with van der Waals surface area (Å²) in [6.07, 6.45) is 7.26. The summed E-state index contributed by atoms with van der Waals surface area (Å²) >= 11 is 0. The first-order chi connectivity index (χ1) is 13.6. The van der Waals surface area contributed by atoms with E-state index in [4.69, 9.17) is 4.74 Å². The maximum atomic E-state index is 13.1. The van der Waals surface area contributed by atoms with Gasteiger partial charge in [-0.05, 0) is 24.3 Å². The van der Waals surface area contributed by atoms with E-state index >= 15 is 0 Å². The summed E-state index contributed by atoms with van der Waals surface area (Å²) in [7, 11) is 0. The van der Waals surface area contributed by atoms with Crippen molar-refractivity contribution in [2.45, 2.75) is 18.9 Å². The van der Waals surface area contributed by atoms with E-state index in [1.807, 2.05) is 0 Å². The molecule has 3 aromatic rings. The van der Waals surface area contributed by atoms with Gasteiger partial charge in [0.15, 0.2) is 11.4 Å². The van der Waals surface area contributed by atoms with Gasteiger partial charge in [-0.2, -0.15) is 5.10 Å². The molecule has 1 saturated heterocycles. The SMILES string of the molecule is O=C(c1nn(-c2ccc(F)cc2)cc1O)N1CCC(Oc2cnccn2)CC1. The zero-order valence-corrected chi connectivity index (χ0v) is 14.9. The third-order valence-corrected chi connectivity index (χ3v) is 4.54. The smallest absolute Gasteiger partial charge is 0.278 e. The van der Waals surface area contributed by atoms with Crippen LogP contribution in [0.15, 0.2) is 49.1 Å². The van der Waals surface area contributed by atoms with Gasteiger partial charge in [0.05, 0.1) is 18.1 Å². The van der Waals surface area contributed by atoms with E-state index in [0.717, 1.165) is 0 Å². The van der Waals surface area contributed by atoms with E-state index in [2.05, 4.69) is 15.1 Å². The topological polar surface area (TPSA) is 93.4 Å².